The highest BCUT2D eigenvalue weighted by Gasteiger charge is 2.36. The molecule has 0 aliphatic rings. The van der Waals surface area contributed by atoms with E-state index < -0.39 is 17.0 Å². The Hall–Kier alpha value is -1.14. The van der Waals surface area contributed by atoms with Crippen molar-refractivity contribution in [2.75, 3.05) is 0 Å². The number of hydrogen-bond acceptors (Lipinski definition) is 4. The molecule has 0 saturated heterocycles. The zero-order chi connectivity index (χ0) is 13.1. The Morgan fingerprint density at radius 3 is 2.41 bits per heavy atom. The Labute approximate surface area is 101 Å². The van der Waals surface area contributed by atoms with Crippen LogP contribution in [0.25, 0.3) is 0 Å². The first-order valence-electron chi connectivity index (χ1n) is 5.33. The van der Waals surface area contributed by atoms with Crippen molar-refractivity contribution in [1.82, 2.24) is 4.98 Å². The molecule has 0 radical (unpaired) electrons. The van der Waals surface area contributed by atoms with Gasteiger partial charge in [-0.3, -0.25) is 0 Å². The molecule has 0 aromatic carbocycles. The van der Waals surface area contributed by atoms with E-state index in [2.05, 4.69) is 4.98 Å². The minimum absolute atomic E-state index is 0.0599. The molecule has 1 rings (SSSR count). The first-order valence-corrected chi connectivity index (χ1v) is 5.33. The van der Waals surface area contributed by atoms with Gasteiger partial charge in [0, 0.05) is 6.07 Å². The third kappa shape index (κ3) is 3.98. The second-order valence-electron chi connectivity index (χ2n) is 4.79. The normalized spacial score (nSPS) is 12.4. The highest BCUT2D eigenvalue weighted by atomic mass is 19.1. The molecule has 0 bridgehead atoms. The molecule has 1 aromatic rings. The van der Waals surface area contributed by atoms with Gasteiger partial charge in [0.15, 0.2) is 5.88 Å². The molecule has 0 saturated carbocycles. The zero-order valence-corrected chi connectivity index (χ0v) is 10.5. The van der Waals surface area contributed by atoms with Gasteiger partial charge in [-0.2, -0.15) is 0 Å². The van der Waals surface area contributed by atoms with Crippen LogP contribution in [0.1, 0.15) is 27.7 Å². The van der Waals surface area contributed by atoms with E-state index in [9.17, 15) is 9.50 Å². The Morgan fingerprint density at radius 1 is 1.29 bits per heavy atom. The Bertz CT molecular complexity index is 362. The summed E-state index contributed by atoms with van der Waals surface area (Å²) in [6.45, 7) is 6.83. The van der Waals surface area contributed by atoms with Gasteiger partial charge in [0.2, 0.25) is 0 Å². The number of rotatable bonds is 5. The second-order valence-corrected chi connectivity index (χ2v) is 4.79. The van der Waals surface area contributed by atoms with Crippen LogP contribution < -0.4 is 4.65 Å². The Kier molecular flexibility index (Phi) is 4.11. The van der Waals surface area contributed by atoms with Gasteiger partial charge < -0.3 is 14.4 Å². The molecule has 94 valence electrons. The van der Waals surface area contributed by atoms with Crippen LogP contribution >= 0.6 is 0 Å². The fraction of sp³-hybridized carbons (Fsp3) is 0.545. The van der Waals surface area contributed by atoms with Crippen LogP contribution in [0.15, 0.2) is 18.3 Å². The van der Waals surface area contributed by atoms with Crippen molar-refractivity contribution < 1.29 is 18.8 Å². The highest BCUT2D eigenvalue weighted by molar-refractivity contribution is 6.19. The Balaban J connectivity index is 2.45. The summed E-state index contributed by atoms with van der Waals surface area (Å²) in [5.41, 5.74) is -1.75. The van der Waals surface area contributed by atoms with Crippen molar-refractivity contribution in [3.63, 3.8) is 0 Å². The number of pyridine rings is 1. The second kappa shape index (κ2) is 5.02. The van der Waals surface area contributed by atoms with Gasteiger partial charge in [-0.15, -0.1) is 0 Å². The monoisotopic (exact) mass is 241 g/mol. The maximum Gasteiger partial charge on any atom is 0.508 e. The average Bonchev–Trinajstić information content (AvgIpc) is 2.19. The minimum Gasteiger partial charge on any atom is -0.525 e. The van der Waals surface area contributed by atoms with Gasteiger partial charge in [0.25, 0.3) is 0 Å². The lowest BCUT2D eigenvalue weighted by atomic mass is 9.89. The first-order chi connectivity index (χ1) is 7.72. The molecule has 0 atom stereocenters. The van der Waals surface area contributed by atoms with Crippen LogP contribution in [0.3, 0.4) is 0 Å². The molecule has 4 nitrogen and oxygen atoms in total. The van der Waals surface area contributed by atoms with Crippen LogP contribution in [0, 0.1) is 5.82 Å². The van der Waals surface area contributed by atoms with Gasteiger partial charge in [-0.05, 0) is 33.8 Å². The average molecular weight is 241 g/mol. The molecular formula is C11H17BFNO3. The quantitative estimate of drug-likeness (QED) is 0.792. The van der Waals surface area contributed by atoms with Crippen molar-refractivity contribution >= 4 is 7.69 Å². The molecule has 0 fully saturated rings. The number of hydrogen-bond donors (Lipinski definition) is 1. The van der Waals surface area contributed by atoms with Crippen molar-refractivity contribution in [1.29, 1.82) is 0 Å². The third-order valence-corrected chi connectivity index (χ3v) is 2.80. The summed E-state index contributed by atoms with van der Waals surface area (Å²) >= 11 is 0. The van der Waals surface area contributed by atoms with E-state index in [4.69, 9.17) is 9.31 Å². The first kappa shape index (κ1) is 13.9. The maximum atomic E-state index is 12.6. The standard InChI is InChI=1S/C11H17BFNO3/c1-10(2,15)11(3,4)17-12-16-9-6-5-8(13)7-14-9/h5-7,12,15H,1-4H3. The van der Waals surface area contributed by atoms with Crippen LogP contribution in [-0.2, 0) is 4.65 Å². The van der Waals surface area contributed by atoms with Crippen molar-refractivity contribution in [3.05, 3.63) is 24.1 Å². The summed E-state index contributed by atoms with van der Waals surface area (Å²) in [5, 5.41) is 9.83. The summed E-state index contributed by atoms with van der Waals surface area (Å²) in [7, 11) is -0.0599. The van der Waals surface area contributed by atoms with Crippen molar-refractivity contribution in [2.24, 2.45) is 0 Å². The summed E-state index contributed by atoms with van der Waals surface area (Å²) < 4.78 is 23.2. The minimum atomic E-state index is -0.993. The summed E-state index contributed by atoms with van der Waals surface area (Å²) in [6.07, 6.45) is 1.07. The van der Waals surface area contributed by atoms with Crippen molar-refractivity contribution in [2.45, 2.75) is 38.9 Å². The number of halogens is 1. The van der Waals surface area contributed by atoms with E-state index in [1.807, 2.05) is 0 Å². The summed E-state index contributed by atoms with van der Waals surface area (Å²) in [6, 6.07) is 2.67. The van der Waals surface area contributed by atoms with Gasteiger partial charge in [0.05, 0.1) is 17.4 Å². The maximum absolute atomic E-state index is 12.6. The van der Waals surface area contributed by atoms with Gasteiger partial charge in [-0.1, -0.05) is 0 Å². The molecule has 0 amide bonds. The molecule has 0 aliphatic heterocycles. The fourth-order valence-corrected chi connectivity index (χ4v) is 0.861. The fourth-order valence-electron chi connectivity index (χ4n) is 0.861. The molecule has 0 aliphatic carbocycles. The van der Waals surface area contributed by atoms with E-state index >= 15 is 0 Å². The topological polar surface area (TPSA) is 51.6 Å². The van der Waals surface area contributed by atoms with Gasteiger partial charge in [0.1, 0.15) is 5.82 Å². The Morgan fingerprint density at radius 2 is 1.94 bits per heavy atom. The molecular weight excluding hydrogens is 224 g/mol. The third-order valence-electron chi connectivity index (χ3n) is 2.80. The number of aliphatic hydroxyl groups is 1. The lowest BCUT2D eigenvalue weighted by Gasteiger charge is -2.37. The predicted molar refractivity (Wildman–Crippen MR) is 63.4 cm³/mol. The van der Waals surface area contributed by atoms with Crippen LogP contribution in [0.5, 0.6) is 5.88 Å². The lowest BCUT2D eigenvalue weighted by molar-refractivity contribution is -0.0949. The number of aromatic nitrogens is 1. The van der Waals surface area contributed by atoms with Crippen LogP contribution in [-0.4, -0.2) is 29.0 Å². The largest absolute Gasteiger partial charge is 0.525 e. The van der Waals surface area contributed by atoms with E-state index in [0.29, 0.717) is 0 Å². The van der Waals surface area contributed by atoms with E-state index in [0.717, 1.165) is 6.20 Å². The molecule has 1 heterocycles. The molecule has 1 aromatic heterocycles. The highest BCUT2D eigenvalue weighted by Crippen LogP contribution is 2.24. The van der Waals surface area contributed by atoms with Crippen LogP contribution in [0.2, 0.25) is 0 Å². The van der Waals surface area contributed by atoms with E-state index in [-0.39, 0.29) is 13.6 Å². The van der Waals surface area contributed by atoms with Crippen LogP contribution in [0.4, 0.5) is 4.39 Å². The molecule has 17 heavy (non-hydrogen) atoms. The lowest BCUT2D eigenvalue weighted by Crippen LogP contribution is -2.48. The van der Waals surface area contributed by atoms with E-state index in [1.165, 1.54) is 12.1 Å². The summed E-state index contributed by atoms with van der Waals surface area (Å²) in [5.74, 6) is -0.145. The molecule has 1 N–H and O–H groups in total. The predicted octanol–water partition coefficient (Wildman–Crippen LogP) is 1.43. The molecule has 6 heteroatoms. The smallest absolute Gasteiger partial charge is 0.508 e. The molecule has 0 unspecified atom stereocenters. The van der Waals surface area contributed by atoms with E-state index in [1.54, 1.807) is 27.7 Å². The molecule has 0 spiro atoms. The SMILES string of the molecule is CC(C)(O)C(C)(C)OBOc1ccc(F)cn1. The number of nitrogens with zero attached hydrogens (tertiary/aromatic N) is 1. The zero-order valence-electron chi connectivity index (χ0n) is 10.5. The van der Waals surface area contributed by atoms with Gasteiger partial charge in [-0.25, -0.2) is 9.37 Å². The summed E-state index contributed by atoms with van der Waals surface area (Å²) in [4.78, 5) is 3.72. The van der Waals surface area contributed by atoms with Crippen molar-refractivity contribution in [3.8, 4) is 5.88 Å². The van der Waals surface area contributed by atoms with Gasteiger partial charge >= 0.3 is 7.69 Å².